The number of halogens is 1. The van der Waals surface area contributed by atoms with Gasteiger partial charge in [-0.15, -0.1) is 11.3 Å². The molecule has 8 heteroatoms. The zero-order valence-electron chi connectivity index (χ0n) is 12.5. The Labute approximate surface area is 142 Å². The number of nitrogens with one attached hydrogen (secondary N) is 1. The van der Waals surface area contributed by atoms with Crippen LogP contribution in [0.2, 0.25) is 0 Å². The molecule has 2 heterocycles. The van der Waals surface area contributed by atoms with Crippen molar-refractivity contribution in [1.82, 2.24) is 15.1 Å². The first kappa shape index (κ1) is 17.4. The summed E-state index contributed by atoms with van der Waals surface area (Å²) in [4.78, 5) is 28.0. The predicted octanol–water partition coefficient (Wildman–Crippen LogP) is 1.03. The van der Waals surface area contributed by atoms with E-state index in [4.69, 9.17) is 4.74 Å². The minimum Gasteiger partial charge on any atom is -0.383 e. The quantitative estimate of drug-likeness (QED) is 0.738. The third-order valence-corrected chi connectivity index (χ3v) is 4.97. The van der Waals surface area contributed by atoms with Crippen LogP contribution in [0.3, 0.4) is 0 Å². The molecule has 0 unspecified atom stereocenters. The van der Waals surface area contributed by atoms with E-state index in [-0.39, 0.29) is 11.8 Å². The van der Waals surface area contributed by atoms with Crippen LogP contribution >= 0.6 is 27.3 Å². The first-order chi connectivity index (χ1) is 10.6. The molecule has 0 bridgehead atoms. The molecule has 122 valence electrons. The van der Waals surface area contributed by atoms with Gasteiger partial charge in [-0.25, -0.2) is 0 Å². The molecule has 1 N–H and O–H groups in total. The minimum absolute atomic E-state index is 0.00130. The number of hydrogen-bond acceptors (Lipinski definition) is 5. The Kier molecular flexibility index (Phi) is 6.81. The third-order valence-electron chi connectivity index (χ3n) is 3.47. The van der Waals surface area contributed by atoms with Gasteiger partial charge in [0.1, 0.15) is 0 Å². The molecular weight excluding hydrogens is 370 g/mol. The van der Waals surface area contributed by atoms with Crippen LogP contribution in [-0.4, -0.2) is 74.6 Å². The third kappa shape index (κ3) is 5.05. The number of carbonyl (C=O) groups is 2. The smallest absolute Gasteiger partial charge is 0.254 e. The SMILES string of the molecule is COCCNC(=O)CN1CCN(C(=O)c2csc(Br)c2)CC1. The van der Waals surface area contributed by atoms with E-state index in [1.54, 1.807) is 7.11 Å². The molecule has 2 amide bonds. The van der Waals surface area contributed by atoms with E-state index in [1.165, 1.54) is 11.3 Å². The summed E-state index contributed by atoms with van der Waals surface area (Å²) in [7, 11) is 1.61. The van der Waals surface area contributed by atoms with E-state index >= 15 is 0 Å². The van der Waals surface area contributed by atoms with E-state index in [1.807, 2.05) is 16.3 Å². The number of piperazine rings is 1. The molecule has 0 saturated carbocycles. The number of amides is 2. The van der Waals surface area contributed by atoms with Crippen LogP contribution in [0.1, 0.15) is 10.4 Å². The van der Waals surface area contributed by atoms with Crippen LogP contribution in [0.25, 0.3) is 0 Å². The van der Waals surface area contributed by atoms with E-state index in [0.29, 0.717) is 32.8 Å². The Morgan fingerprint density at radius 1 is 1.36 bits per heavy atom. The van der Waals surface area contributed by atoms with Crippen molar-refractivity contribution < 1.29 is 14.3 Å². The number of carbonyl (C=O) groups excluding carboxylic acids is 2. The summed E-state index contributed by atoms with van der Waals surface area (Å²) in [6.45, 7) is 4.15. The van der Waals surface area contributed by atoms with Gasteiger partial charge in [-0.2, -0.15) is 0 Å². The van der Waals surface area contributed by atoms with Crippen LogP contribution in [0.5, 0.6) is 0 Å². The molecule has 1 aliphatic rings. The molecule has 1 saturated heterocycles. The number of methoxy groups -OCH3 is 1. The highest BCUT2D eigenvalue weighted by Gasteiger charge is 2.23. The van der Waals surface area contributed by atoms with Gasteiger partial charge in [0.2, 0.25) is 5.91 Å². The number of thiophene rings is 1. The molecule has 0 aromatic carbocycles. The summed E-state index contributed by atoms with van der Waals surface area (Å²) in [6, 6.07) is 1.85. The second kappa shape index (κ2) is 8.61. The van der Waals surface area contributed by atoms with E-state index < -0.39 is 0 Å². The van der Waals surface area contributed by atoms with Gasteiger partial charge in [0, 0.05) is 45.2 Å². The normalized spacial score (nSPS) is 15.8. The van der Waals surface area contributed by atoms with E-state index in [9.17, 15) is 9.59 Å². The molecule has 0 aliphatic carbocycles. The highest BCUT2D eigenvalue weighted by atomic mass is 79.9. The maximum Gasteiger partial charge on any atom is 0.254 e. The molecule has 2 rings (SSSR count). The van der Waals surface area contributed by atoms with Crippen LogP contribution in [0.15, 0.2) is 15.2 Å². The Morgan fingerprint density at radius 2 is 2.09 bits per heavy atom. The van der Waals surface area contributed by atoms with Crippen molar-refractivity contribution in [2.24, 2.45) is 0 Å². The highest BCUT2D eigenvalue weighted by molar-refractivity contribution is 9.11. The Bertz CT molecular complexity index is 515. The predicted molar refractivity (Wildman–Crippen MR) is 89.2 cm³/mol. The van der Waals surface area contributed by atoms with Gasteiger partial charge in [-0.05, 0) is 22.0 Å². The van der Waals surface area contributed by atoms with Crippen LogP contribution in [0.4, 0.5) is 0 Å². The second-order valence-electron chi connectivity index (χ2n) is 5.05. The average Bonchev–Trinajstić information content (AvgIpc) is 2.94. The van der Waals surface area contributed by atoms with Crippen molar-refractivity contribution >= 4 is 39.1 Å². The second-order valence-corrected chi connectivity index (χ2v) is 7.34. The molecule has 1 aliphatic heterocycles. The molecule has 0 spiro atoms. The average molecular weight is 390 g/mol. The zero-order valence-corrected chi connectivity index (χ0v) is 14.9. The minimum atomic E-state index is -0.00130. The number of rotatable bonds is 6. The van der Waals surface area contributed by atoms with Crippen molar-refractivity contribution in [2.45, 2.75) is 0 Å². The van der Waals surface area contributed by atoms with Crippen molar-refractivity contribution in [3.63, 3.8) is 0 Å². The van der Waals surface area contributed by atoms with Crippen molar-refractivity contribution in [3.05, 3.63) is 20.8 Å². The fourth-order valence-electron chi connectivity index (χ4n) is 2.27. The lowest BCUT2D eigenvalue weighted by atomic mass is 10.2. The Hall–Kier alpha value is -0.960. The van der Waals surface area contributed by atoms with E-state index in [0.717, 1.165) is 22.4 Å². The van der Waals surface area contributed by atoms with Gasteiger partial charge in [0.15, 0.2) is 0 Å². The van der Waals surface area contributed by atoms with Crippen molar-refractivity contribution in [3.8, 4) is 0 Å². The summed E-state index contributed by atoms with van der Waals surface area (Å²) in [6.07, 6.45) is 0. The summed E-state index contributed by atoms with van der Waals surface area (Å²) >= 11 is 4.88. The fraction of sp³-hybridized carbons (Fsp3) is 0.571. The first-order valence-corrected chi connectivity index (χ1v) is 8.78. The zero-order chi connectivity index (χ0) is 15.9. The Morgan fingerprint density at radius 3 is 2.68 bits per heavy atom. The standard InChI is InChI=1S/C14H20BrN3O3S/c1-21-7-2-16-13(19)9-17-3-5-18(6-4-17)14(20)11-8-12(15)22-10-11/h8,10H,2-7,9H2,1H3,(H,16,19). The van der Waals surface area contributed by atoms with Gasteiger partial charge in [-0.3, -0.25) is 14.5 Å². The summed E-state index contributed by atoms with van der Waals surface area (Å²) in [5, 5.41) is 4.67. The number of ether oxygens (including phenoxy) is 1. The van der Waals surface area contributed by atoms with Crippen molar-refractivity contribution in [1.29, 1.82) is 0 Å². The van der Waals surface area contributed by atoms with Gasteiger partial charge >= 0.3 is 0 Å². The monoisotopic (exact) mass is 389 g/mol. The molecule has 0 atom stereocenters. The molecule has 1 fully saturated rings. The van der Waals surface area contributed by atoms with Crippen LogP contribution in [-0.2, 0) is 9.53 Å². The maximum absolute atomic E-state index is 12.3. The summed E-state index contributed by atoms with van der Waals surface area (Å²) in [5.74, 6) is 0.0599. The topological polar surface area (TPSA) is 61.9 Å². The first-order valence-electron chi connectivity index (χ1n) is 7.11. The van der Waals surface area contributed by atoms with Crippen LogP contribution in [0, 0.1) is 0 Å². The van der Waals surface area contributed by atoms with Crippen LogP contribution < -0.4 is 5.32 Å². The van der Waals surface area contributed by atoms with Gasteiger partial charge in [0.25, 0.3) is 5.91 Å². The highest BCUT2D eigenvalue weighted by Crippen LogP contribution is 2.22. The summed E-state index contributed by atoms with van der Waals surface area (Å²) < 4.78 is 5.85. The lowest BCUT2D eigenvalue weighted by Gasteiger charge is -2.34. The molecule has 6 nitrogen and oxygen atoms in total. The van der Waals surface area contributed by atoms with Gasteiger partial charge < -0.3 is 15.0 Å². The molecule has 1 aromatic heterocycles. The van der Waals surface area contributed by atoms with E-state index in [2.05, 4.69) is 26.1 Å². The maximum atomic E-state index is 12.3. The Balaban J connectivity index is 1.73. The largest absolute Gasteiger partial charge is 0.383 e. The summed E-state index contributed by atoms with van der Waals surface area (Å²) in [5.41, 5.74) is 0.725. The van der Waals surface area contributed by atoms with Gasteiger partial charge in [-0.1, -0.05) is 0 Å². The molecule has 22 heavy (non-hydrogen) atoms. The lowest BCUT2D eigenvalue weighted by molar-refractivity contribution is -0.122. The molecule has 1 aromatic rings. The van der Waals surface area contributed by atoms with Gasteiger partial charge in [0.05, 0.1) is 22.5 Å². The molecule has 0 radical (unpaired) electrons. The number of nitrogens with zero attached hydrogens (tertiary/aromatic N) is 2. The number of hydrogen-bond donors (Lipinski definition) is 1. The van der Waals surface area contributed by atoms with Crippen molar-refractivity contribution in [2.75, 3.05) is 53.0 Å². The fourth-order valence-corrected chi connectivity index (χ4v) is 3.40. The lowest BCUT2D eigenvalue weighted by Crippen LogP contribution is -2.51. The molecular formula is C14H20BrN3O3S.